The van der Waals surface area contributed by atoms with Gasteiger partial charge in [-0.3, -0.25) is 23.3 Å². The smallest absolute Gasteiger partial charge is 0.297 e. The zero-order chi connectivity index (χ0) is 26.3. The Hall–Kier alpha value is -3.70. The van der Waals surface area contributed by atoms with Crippen LogP contribution < -0.4 is 17.0 Å². The quantitative estimate of drug-likeness (QED) is 0.216. The summed E-state index contributed by atoms with van der Waals surface area (Å²) in [6.07, 6.45) is 0. The van der Waals surface area contributed by atoms with E-state index in [2.05, 4.69) is 10.2 Å². The lowest BCUT2D eigenvalue weighted by molar-refractivity contribution is 0.0995. The highest BCUT2D eigenvalue weighted by Gasteiger charge is 2.25. The van der Waals surface area contributed by atoms with E-state index >= 15 is 0 Å². The number of benzene rings is 2. The van der Waals surface area contributed by atoms with Crippen molar-refractivity contribution in [3.8, 4) is 5.88 Å². The van der Waals surface area contributed by atoms with Crippen LogP contribution in [-0.2, 0) is 26.8 Å². The molecule has 3 rings (SSSR count). The molecule has 0 aliphatic heterocycles. The van der Waals surface area contributed by atoms with Gasteiger partial charge in [-0.15, -0.1) is 10.2 Å². The fourth-order valence-corrected chi connectivity index (χ4v) is 5.06. The molecular formula is C19H19N5O9S2. The molecule has 0 unspecified atom stereocenters. The first-order valence-corrected chi connectivity index (χ1v) is 12.5. The van der Waals surface area contributed by atoms with E-state index in [-0.39, 0.29) is 29.4 Å². The number of rotatable bonds is 7. The Labute approximate surface area is 198 Å². The molecule has 1 aromatic heterocycles. The maximum absolute atomic E-state index is 12.8. The Morgan fingerprint density at radius 3 is 2.23 bits per heavy atom. The summed E-state index contributed by atoms with van der Waals surface area (Å²) in [4.78, 5) is 23.2. The van der Waals surface area contributed by atoms with Crippen LogP contribution in [-0.4, -0.2) is 48.1 Å². The Bertz CT molecular complexity index is 1680. The molecule has 2 aromatic carbocycles. The maximum Gasteiger partial charge on any atom is 0.297 e. The number of azo groups is 1. The van der Waals surface area contributed by atoms with Crippen LogP contribution in [0.4, 0.5) is 11.4 Å². The summed E-state index contributed by atoms with van der Waals surface area (Å²) >= 11 is 0. The molecule has 14 nitrogen and oxygen atoms in total. The molecule has 0 radical (unpaired) electrons. The number of hydrogen-bond acceptors (Lipinski definition) is 10. The van der Waals surface area contributed by atoms with E-state index in [0.29, 0.717) is 0 Å². The van der Waals surface area contributed by atoms with E-state index in [4.69, 9.17) is 11.5 Å². The number of amides is 1. The maximum atomic E-state index is 12.8. The molecule has 35 heavy (non-hydrogen) atoms. The van der Waals surface area contributed by atoms with Crippen molar-refractivity contribution >= 4 is 48.3 Å². The first-order valence-electron chi connectivity index (χ1n) is 9.58. The average Bonchev–Trinajstić information content (AvgIpc) is 2.74. The van der Waals surface area contributed by atoms with Crippen LogP contribution in [0.25, 0.3) is 10.8 Å². The van der Waals surface area contributed by atoms with Gasteiger partial charge in [-0.05, 0) is 19.1 Å². The number of primary amides is 1. The average molecular weight is 526 g/mol. The first-order chi connectivity index (χ1) is 16.2. The van der Waals surface area contributed by atoms with Crippen LogP contribution in [0.2, 0.25) is 0 Å². The van der Waals surface area contributed by atoms with Gasteiger partial charge < -0.3 is 16.6 Å². The molecule has 0 bridgehead atoms. The van der Waals surface area contributed by atoms with Gasteiger partial charge in [-0.1, -0.05) is 18.2 Å². The van der Waals surface area contributed by atoms with E-state index in [1.807, 2.05) is 0 Å². The lowest BCUT2D eigenvalue weighted by Crippen LogP contribution is -2.28. The second-order valence-corrected chi connectivity index (χ2v) is 9.95. The molecule has 0 spiro atoms. The molecule has 1 heterocycles. The third-order valence-corrected chi connectivity index (χ3v) is 6.86. The van der Waals surface area contributed by atoms with Crippen LogP contribution >= 0.6 is 0 Å². The number of aromatic hydroxyl groups is 1. The van der Waals surface area contributed by atoms with Crippen molar-refractivity contribution < 1.29 is 35.8 Å². The number of carbonyl (C=O) groups excluding carboxylic acids is 1. The van der Waals surface area contributed by atoms with Crippen molar-refractivity contribution in [1.29, 1.82) is 0 Å². The fraction of sp³-hybridized carbons (Fsp3) is 0.158. The lowest BCUT2D eigenvalue weighted by Gasteiger charge is -2.14. The van der Waals surface area contributed by atoms with E-state index in [1.54, 1.807) is 0 Å². The van der Waals surface area contributed by atoms with E-state index in [1.165, 1.54) is 6.92 Å². The summed E-state index contributed by atoms with van der Waals surface area (Å²) in [7, 11) is -9.79. The topological polar surface area (TPSA) is 245 Å². The molecule has 0 saturated carbocycles. The van der Waals surface area contributed by atoms with Crippen molar-refractivity contribution in [3.63, 3.8) is 0 Å². The highest BCUT2D eigenvalue weighted by Crippen LogP contribution is 2.36. The number of nitrogens with two attached hydrogens (primary N) is 2. The van der Waals surface area contributed by atoms with Crippen molar-refractivity contribution in [2.24, 2.45) is 21.7 Å². The number of aromatic nitrogens is 1. The van der Waals surface area contributed by atoms with E-state index in [9.17, 15) is 40.6 Å². The van der Waals surface area contributed by atoms with E-state index in [0.717, 1.165) is 34.9 Å². The van der Waals surface area contributed by atoms with Gasteiger partial charge in [0.1, 0.15) is 21.0 Å². The zero-order valence-electron chi connectivity index (χ0n) is 17.9. The fourth-order valence-electron chi connectivity index (χ4n) is 3.52. The Kier molecular flexibility index (Phi) is 6.78. The van der Waals surface area contributed by atoms with Crippen LogP contribution in [0.15, 0.2) is 55.1 Å². The first kappa shape index (κ1) is 25.9. The van der Waals surface area contributed by atoms with Gasteiger partial charge in [-0.25, -0.2) is 0 Å². The predicted molar refractivity (Wildman–Crippen MR) is 122 cm³/mol. The van der Waals surface area contributed by atoms with Crippen molar-refractivity contribution in [2.45, 2.75) is 23.3 Å². The summed E-state index contributed by atoms with van der Waals surface area (Å²) in [6.45, 7) is 0.947. The molecule has 7 N–H and O–H groups in total. The van der Waals surface area contributed by atoms with Crippen molar-refractivity contribution in [3.05, 3.63) is 51.8 Å². The van der Waals surface area contributed by atoms with Gasteiger partial charge >= 0.3 is 0 Å². The normalized spacial score (nSPS) is 12.5. The molecule has 3 aromatic rings. The summed E-state index contributed by atoms with van der Waals surface area (Å²) in [5.74, 6) is -1.81. The third kappa shape index (κ3) is 4.77. The third-order valence-electron chi connectivity index (χ3n) is 5.00. The SMILES string of the molecule is Cc1c(C(N)=O)c(O)n(CCN)c(=O)c1N=Nc1ccc2c(S(=O)(=O)O)cccc2c1S(=O)(=O)O. The van der Waals surface area contributed by atoms with Gasteiger partial charge in [0.2, 0.25) is 5.88 Å². The predicted octanol–water partition coefficient (Wildman–Crippen LogP) is 0.982. The Balaban J connectivity index is 2.36. The minimum Gasteiger partial charge on any atom is -0.494 e. The Morgan fingerprint density at radius 2 is 1.69 bits per heavy atom. The molecular weight excluding hydrogens is 506 g/mol. The highest BCUT2D eigenvalue weighted by molar-refractivity contribution is 7.86. The molecule has 1 amide bonds. The van der Waals surface area contributed by atoms with Crippen molar-refractivity contribution in [2.75, 3.05) is 6.54 Å². The summed E-state index contributed by atoms with van der Waals surface area (Å²) < 4.78 is 67.7. The largest absolute Gasteiger partial charge is 0.494 e. The second kappa shape index (κ2) is 9.16. The van der Waals surface area contributed by atoms with Crippen molar-refractivity contribution in [1.82, 2.24) is 4.57 Å². The lowest BCUT2D eigenvalue weighted by atomic mass is 10.1. The Morgan fingerprint density at radius 1 is 1.03 bits per heavy atom. The minimum atomic E-state index is -5.04. The van der Waals surface area contributed by atoms with Gasteiger partial charge in [0.05, 0.1) is 0 Å². The van der Waals surface area contributed by atoms with Crippen LogP contribution in [0.3, 0.4) is 0 Å². The zero-order valence-corrected chi connectivity index (χ0v) is 19.5. The van der Waals surface area contributed by atoms with Gasteiger partial charge in [0.25, 0.3) is 31.7 Å². The van der Waals surface area contributed by atoms with Crippen LogP contribution in [0.1, 0.15) is 15.9 Å². The summed E-state index contributed by atoms with van der Waals surface area (Å²) in [6, 6.07) is 5.43. The van der Waals surface area contributed by atoms with Crippen LogP contribution in [0, 0.1) is 6.92 Å². The number of carbonyl (C=O) groups is 1. The number of fused-ring (bicyclic) bond motifs is 1. The number of nitrogens with zero attached hydrogens (tertiary/aromatic N) is 3. The molecule has 0 aliphatic rings. The molecule has 0 fully saturated rings. The minimum absolute atomic E-state index is 0.0982. The molecule has 0 aliphatic carbocycles. The van der Waals surface area contributed by atoms with Gasteiger partial charge in [0.15, 0.2) is 5.69 Å². The second-order valence-electron chi connectivity index (χ2n) is 7.20. The van der Waals surface area contributed by atoms with Gasteiger partial charge in [-0.2, -0.15) is 16.8 Å². The molecule has 16 heteroatoms. The number of pyridine rings is 1. The molecule has 0 atom stereocenters. The van der Waals surface area contributed by atoms with Gasteiger partial charge in [0, 0.05) is 29.4 Å². The highest BCUT2D eigenvalue weighted by atomic mass is 32.2. The monoisotopic (exact) mass is 525 g/mol. The summed E-state index contributed by atoms with van der Waals surface area (Å²) in [5.41, 5.74) is 8.28. The summed E-state index contributed by atoms with van der Waals surface area (Å²) in [5, 5.41) is 17.2. The standard InChI is InChI=1S/C19H19N5O9S2/c1-9-14(17(21)25)18(26)24(8-7-20)19(27)15(9)23-22-12-6-5-10-11(16(12)35(31,32)33)3-2-4-13(10)34(28,29)30/h2-6,26H,7-8,20H2,1H3,(H2,21,25)(H,28,29,30)(H,31,32,33). The van der Waals surface area contributed by atoms with E-state index < -0.39 is 64.3 Å². The number of hydrogen-bond donors (Lipinski definition) is 5. The molecule has 0 saturated heterocycles. The molecule has 186 valence electrons. The van der Waals surface area contributed by atoms with Crippen LogP contribution in [0.5, 0.6) is 5.88 Å².